The van der Waals surface area contributed by atoms with Crippen molar-refractivity contribution in [2.24, 2.45) is 11.8 Å². The minimum Gasteiger partial charge on any atom is -0.358 e. The zero-order chi connectivity index (χ0) is 22.4. The molecule has 1 fully saturated rings. The number of thioether (sulfide) groups is 1. The molecule has 2 aromatic carbocycles. The van der Waals surface area contributed by atoms with Crippen molar-refractivity contribution in [3.8, 4) is 0 Å². The molecule has 0 radical (unpaired) electrons. The zero-order valence-electron chi connectivity index (χ0n) is 19.7. The molecule has 0 amide bonds. The Kier molecular flexibility index (Phi) is 5.83. The Bertz CT molecular complexity index is 1230. The third kappa shape index (κ3) is 4.17. The normalized spacial score (nSPS) is 23.9. The largest absolute Gasteiger partial charge is 0.358 e. The monoisotopic (exact) mass is 473 g/mol. The summed E-state index contributed by atoms with van der Waals surface area (Å²) in [5.74, 6) is 1.79. The van der Waals surface area contributed by atoms with Crippen LogP contribution in [0.15, 0.2) is 70.6 Å². The first-order chi connectivity index (χ1) is 16.2. The number of hydrogen-bond acceptors (Lipinski definition) is 3. The Balaban J connectivity index is 1.32. The Hall–Kier alpha value is -2.04. The van der Waals surface area contributed by atoms with Crippen LogP contribution >= 0.6 is 23.1 Å². The molecular weight excluding hydrogens is 440 g/mol. The molecule has 0 bridgehead atoms. The maximum absolute atomic E-state index is 2.61. The van der Waals surface area contributed by atoms with Gasteiger partial charge in [0.2, 0.25) is 5.52 Å². The topological polar surface area (TPSA) is 7.12 Å². The number of allylic oxidation sites excluding steroid dienone is 2. The predicted molar refractivity (Wildman–Crippen MR) is 143 cm³/mol. The Labute approximate surface area is 206 Å². The molecule has 0 N–H and O–H groups in total. The van der Waals surface area contributed by atoms with Crippen molar-refractivity contribution in [1.29, 1.82) is 0 Å². The summed E-state index contributed by atoms with van der Waals surface area (Å²) >= 11 is 4.01. The first-order valence-electron chi connectivity index (χ1n) is 12.6. The van der Waals surface area contributed by atoms with Crippen LogP contribution in [0.4, 0.5) is 5.69 Å². The van der Waals surface area contributed by atoms with Gasteiger partial charge in [-0.2, -0.15) is 4.57 Å². The van der Waals surface area contributed by atoms with E-state index in [0.717, 1.165) is 24.9 Å². The zero-order valence-corrected chi connectivity index (χ0v) is 21.3. The molecule has 2 atom stereocenters. The molecule has 6 rings (SSSR count). The number of thiazole rings is 1. The summed E-state index contributed by atoms with van der Waals surface area (Å²) in [6, 6.07) is 17.8. The number of para-hydroxylation sites is 2. The molecule has 1 aliphatic heterocycles. The van der Waals surface area contributed by atoms with Gasteiger partial charge in [0, 0.05) is 23.6 Å². The van der Waals surface area contributed by atoms with E-state index in [-0.39, 0.29) is 0 Å². The standard InChI is InChI=1S/C29H33N2S2/c1-3-30-24-9-5-7-11-26(24)32-28(30)18-20-15-21(17-23(16-20)22-13-14-22)19-29-31(4-2)25-10-6-8-12-27(25)33-29/h5-12,15,18,22-23,29H,3-4,13-14,16-17,19H2,1-2H3/q+1. The molecule has 2 aliphatic carbocycles. The molecule has 2 nitrogen and oxygen atoms in total. The van der Waals surface area contributed by atoms with Crippen LogP contribution in [0.3, 0.4) is 0 Å². The Morgan fingerprint density at radius 1 is 1.00 bits per heavy atom. The second-order valence-corrected chi connectivity index (χ2v) is 12.0. The molecule has 33 heavy (non-hydrogen) atoms. The van der Waals surface area contributed by atoms with Gasteiger partial charge in [0.15, 0.2) is 0 Å². The van der Waals surface area contributed by atoms with Gasteiger partial charge in [-0.1, -0.05) is 59.0 Å². The van der Waals surface area contributed by atoms with E-state index in [9.17, 15) is 0 Å². The van der Waals surface area contributed by atoms with Crippen molar-refractivity contribution in [2.75, 3.05) is 11.4 Å². The predicted octanol–water partition coefficient (Wildman–Crippen LogP) is 7.69. The van der Waals surface area contributed by atoms with Crippen LogP contribution in [0.25, 0.3) is 16.3 Å². The lowest BCUT2D eigenvalue weighted by molar-refractivity contribution is -0.665. The summed E-state index contributed by atoms with van der Waals surface area (Å²) in [5.41, 5.74) is 6.01. The molecule has 0 saturated heterocycles. The van der Waals surface area contributed by atoms with Gasteiger partial charge in [-0.15, -0.1) is 0 Å². The number of nitrogens with zero attached hydrogens (tertiary/aromatic N) is 2. The first kappa shape index (κ1) is 21.5. The van der Waals surface area contributed by atoms with E-state index >= 15 is 0 Å². The van der Waals surface area contributed by atoms with Crippen molar-refractivity contribution >= 4 is 45.1 Å². The summed E-state index contributed by atoms with van der Waals surface area (Å²) in [6.07, 6.45) is 11.7. The number of hydrogen-bond donors (Lipinski definition) is 0. The van der Waals surface area contributed by atoms with Gasteiger partial charge < -0.3 is 4.90 Å². The number of aryl methyl sites for hydroxylation is 1. The van der Waals surface area contributed by atoms with E-state index in [1.807, 2.05) is 11.3 Å². The first-order valence-corrected chi connectivity index (χ1v) is 14.3. The summed E-state index contributed by atoms with van der Waals surface area (Å²) in [5, 5.41) is 1.93. The molecule has 1 aromatic heterocycles. The molecular formula is C29H33N2S2+. The van der Waals surface area contributed by atoms with Gasteiger partial charge >= 0.3 is 0 Å². The van der Waals surface area contributed by atoms with Crippen LogP contribution in [0.5, 0.6) is 0 Å². The lowest BCUT2D eigenvalue weighted by Gasteiger charge is -2.30. The van der Waals surface area contributed by atoms with Crippen LogP contribution in [0, 0.1) is 11.8 Å². The fraction of sp³-hybridized carbons (Fsp3) is 0.414. The maximum atomic E-state index is 2.61. The molecule has 3 aliphatic rings. The van der Waals surface area contributed by atoms with Crippen molar-refractivity contribution in [3.05, 3.63) is 70.8 Å². The van der Waals surface area contributed by atoms with Crippen LogP contribution in [0.2, 0.25) is 0 Å². The van der Waals surface area contributed by atoms with Crippen LogP contribution in [-0.2, 0) is 6.54 Å². The van der Waals surface area contributed by atoms with Gasteiger partial charge in [0.25, 0.3) is 5.01 Å². The Morgan fingerprint density at radius 2 is 1.82 bits per heavy atom. The van der Waals surface area contributed by atoms with E-state index in [0.29, 0.717) is 5.37 Å². The van der Waals surface area contributed by atoms with Gasteiger partial charge in [0.1, 0.15) is 11.2 Å². The highest BCUT2D eigenvalue weighted by Gasteiger charge is 2.36. The van der Waals surface area contributed by atoms with Gasteiger partial charge in [-0.3, -0.25) is 0 Å². The van der Waals surface area contributed by atoms with Crippen molar-refractivity contribution in [2.45, 2.75) is 62.8 Å². The van der Waals surface area contributed by atoms with E-state index in [4.69, 9.17) is 0 Å². The highest BCUT2D eigenvalue weighted by Crippen LogP contribution is 2.49. The van der Waals surface area contributed by atoms with E-state index < -0.39 is 0 Å². The molecule has 0 spiro atoms. The van der Waals surface area contributed by atoms with Crippen LogP contribution < -0.4 is 9.47 Å². The number of benzene rings is 2. The van der Waals surface area contributed by atoms with Crippen molar-refractivity contribution in [1.82, 2.24) is 0 Å². The quantitative estimate of drug-likeness (QED) is 0.339. The summed E-state index contributed by atoms with van der Waals surface area (Å²) < 4.78 is 3.88. The molecule has 2 heterocycles. The minimum absolute atomic E-state index is 0.530. The number of anilines is 1. The summed E-state index contributed by atoms with van der Waals surface area (Å²) in [4.78, 5) is 4.06. The summed E-state index contributed by atoms with van der Waals surface area (Å²) in [7, 11) is 0. The molecule has 2 unspecified atom stereocenters. The SMILES string of the molecule is CCN1c2ccccc2SC1CC1=CC(=Cc2sc3ccccc3[n+]2CC)CC(C2CC2)C1. The van der Waals surface area contributed by atoms with Gasteiger partial charge in [-0.25, -0.2) is 0 Å². The fourth-order valence-corrected chi connectivity index (χ4v) is 8.44. The van der Waals surface area contributed by atoms with Crippen molar-refractivity contribution < 1.29 is 4.57 Å². The van der Waals surface area contributed by atoms with Crippen molar-refractivity contribution in [3.63, 3.8) is 0 Å². The third-order valence-electron chi connectivity index (χ3n) is 7.52. The number of rotatable bonds is 6. The van der Waals surface area contributed by atoms with Gasteiger partial charge in [0.05, 0.1) is 11.1 Å². The molecule has 170 valence electrons. The highest BCUT2D eigenvalue weighted by molar-refractivity contribution is 8.00. The van der Waals surface area contributed by atoms with E-state index in [1.54, 1.807) is 11.1 Å². The fourth-order valence-electron chi connectivity index (χ4n) is 5.79. The number of fused-ring (bicyclic) bond motifs is 2. The third-order valence-corrected chi connectivity index (χ3v) is 9.93. The number of aromatic nitrogens is 1. The lowest BCUT2D eigenvalue weighted by Crippen LogP contribution is -2.33. The second kappa shape index (κ2) is 8.96. The average Bonchev–Trinajstić information content (AvgIpc) is 3.54. The van der Waals surface area contributed by atoms with E-state index in [2.05, 4.69) is 95.8 Å². The van der Waals surface area contributed by atoms with Crippen LogP contribution in [0.1, 0.15) is 51.0 Å². The highest BCUT2D eigenvalue weighted by atomic mass is 32.2. The van der Waals surface area contributed by atoms with Crippen LogP contribution in [-0.4, -0.2) is 11.9 Å². The molecule has 4 heteroatoms. The van der Waals surface area contributed by atoms with E-state index in [1.165, 1.54) is 57.9 Å². The van der Waals surface area contributed by atoms with Gasteiger partial charge in [-0.05, 0) is 81.6 Å². The minimum atomic E-state index is 0.530. The molecule has 3 aromatic rings. The summed E-state index contributed by atoms with van der Waals surface area (Å²) in [6.45, 7) is 6.67. The smallest absolute Gasteiger partial charge is 0.263 e. The second-order valence-electron chi connectivity index (χ2n) is 9.71. The Morgan fingerprint density at radius 3 is 2.64 bits per heavy atom. The molecule has 1 saturated carbocycles. The maximum Gasteiger partial charge on any atom is 0.263 e. The lowest BCUT2D eigenvalue weighted by atomic mass is 9.81. The average molecular weight is 474 g/mol.